The number of carbonyl (C=O) groups excluding carboxylic acids is 1. The lowest BCUT2D eigenvalue weighted by atomic mass is 10.0. The van der Waals surface area contributed by atoms with Crippen molar-refractivity contribution in [3.8, 4) is 0 Å². The summed E-state index contributed by atoms with van der Waals surface area (Å²) in [4.78, 5) is 14.3. The van der Waals surface area contributed by atoms with E-state index < -0.39 is 5.54 Å². The zero-order valence-corrected chi connectivity index (χ0v) is 13.5. The maximum Gasteiger partial charge on any atom is 0.327 e. The Bertz CT molecular complexity index is 256. The summed E-state index contributed by atoms with van der Waals surface area (Å²) >= 11 is 0. The number of nitrogens with zero attached hydrogens (tertiary/aromatic N) is 1. The van der Waals surface area contributed by atoms with Gasteiger partial charge in [-0.25, -0.2) is 0 Å². The Morgan fingerprint density at radius 3 is 2.10 bits per heavy atom. The molecule has 0 aromatic carbocycles. The molecule has 0 fully saturated rings. The number of rotatable bonds is 12. The lowest BCUT2D eigenvalue weighted by Gasteiger charge is -2.34. The first-order valence-electron chi connectivity index (χ1n) is 7.16. The van der Waals surface area contributed by atoms with Gasteiger partial charge in [-0.15, -0.1) is 0 Å². The van der Waals surface area contributed by atoms with Crippen LogP contribution in [0.15, 0.2) is 0 Å². The van der Waals surface area contributed by atoms with Crippen LogP contribution < -0.4 is 5.32 Å². The van der Waals surface area contributed by atoms with Gasteiger partial charge in [0.25, 0.3) is 0 Å². The highest BCUT2D eigenvalue weighted by molar-refractivity contribution is 5.80. The summed E-state index contributed by atoms with van der Waals surface area (Å²) in [5.41, 5.74) is -0.716. The molecule has 1 N–H and O–H groups in total. The molecule has 120 valence electrons. The second-order valence-corrected chi connectivity index (χ2v) is 4.84. The molecule has 0 spiro atoms. The maximum atomic E-state index is 12.2. The Morgan fingerprint density at radius 1 is 1.15 bits per heavy atom. The molecule has 20 heavy (non-hydrogen) atoms. The molecule has 0 radical (unpaired) electrons. The fourth-order valence-electron chi connectivity index (χ4n) is 2.03. The molecule has 0 heterocycles. The fourth-order valence-corrected chi connectivity index (χ4v) is 2.03. The number of methoxy groups -OCH3 is 2. The van der Waals surface area contributed by atoms with Gasteiger partial charge in [-0.1, -0.05) is 6.92 Å². The average molecular weight is 290 g/mol. The Morgan fingerprint density at radius 2 is 1.70 bits per heavy atom. The molecule has 1 atom stereocenters. The van der Waals surface area contributed by atoms with Crippen LogP contribution in [-0.2, 0) is 19.0 Å². The Balaban J connectivity index is 4.72. The van der Waals surface area contributed by atoms with E-state index in [1.165, 1.54) is 0 Å². The molecule has 0 aliphatic carbocycles. The number of hydrogen-bond acceptors (Lipinski definition) is 6. The third kappa shape index (κ3) is 7.19. The summed E-state index contributed by atoms with van der Waals surface area (Å²) in [6.07, 6.45) is 0. The van der Waals surface area contributed by atoms with Crippen LogP contribution in [0.3, 0.4) is 0 Å². The van der Waals surface area contributed by atoms with Crippen molar-refractivity contribution >= 4 is 5.97 Å². The molecule has 0 saturated heterocycles. The Hall–Kier alpha value is -0.690. The molecular weight excluding hydrogens is 260 g/mol. The summed E-state index contributed by atoms with van der Waals surface area (Å²) in [6, 6.07) is 0. The monoisotopic (exact) mass is 290 g/mol. The van der Waals surface area contributed by atoms with Gasteiger partial charge in [0.1, 0.15) is 5.54 Å². The van der Waals surface area contributed by atoms with Crippen LogP contribution >= 0.6 is 0 Å². The standard InChI is InChI=1S/C14H30N2O4/c1-6-15-14(3,13(17)20-7-2)12-16(8-10-18-4)9-11-19-5/h15H,6-12H2,1-5H3. The maximum absolute atomic E-state index is 12.2. The van der Waals surface area contributed by atoms with E-state index in [0.717, 1.165) is 13.1 Å². The van der Waals surface area contributed by atoms with Gasteiger partial charge in [0.2, 0.25) is 0 Å². The fraction of sp³-hybridized carbons (Fsp3) is 0.929. The van der Waals surface area contributed by atoms with E-state index in [4.69, 9.17) is 14.2 Å². The van der Waals surface area contributed by atoms with E-state index in [1.807, 2.05) is 20.8 Å². The molecule has 6 nitrogen and oxygen atoms in total. The average Bonchev–Trinajstić information content (AvgIpc) is 2.42. The van der Waals surface area contributed by atoms with Crippen molar-refractivity contribution < 1.29 is 19.0 Å². The highest BCUT2D eigenvalue weighted by atomic mass is 16.5. The van der Waals surface area contributed by atoms with Gasteiger partial charge in [0.15, 0.2) is 0 Å². The molecular formula is C14H30N2O4. The van der Waals surface area contributed by atoms with Gasteiger partial charge in [0.05, 0.1) is 19.8 Å². The molecule has 0 aliphatic rings. The largest absolute Gasteiger partial charge is 0.465 e. The van der Waals surface area contributed by atoms with Gasteiger partial charge in [0, 0.05) is 33.9 Å². The van der Waals surface area contributed by atoms with Gasteiger partial charge < -0.3 is 19.5 Å². The lowest BCUT2D eigenvalue weighted by Crippen LogP contribution is -2.58. The second-order valence-electron chi connectivity index (χ2n) is 4.84. The van der Waals surface area contributed by atoms with E-state index in [0.29, 0.717) is 32.9 Å². The first-order chi connectivity index (χ1) is 9.53. The van der Waals surface area contributed by atoms with Gasteiger partial charge >= 0.3 is 5.97 Å². The SMILES string of the molecule is CCNC(C)(CN(CCOC)CCOC)C(=O)OCC. The minimum absolute atomic E-state index is 0.221. The van der Waals surface area contributed by atoms with Crippen molar-refractivity contribution in [1.82, 2.24) is 10.2 Å². The number of ether oxygens (including phenoxy) is 3. The third-order valence-corrected chi connectivity index (χ3v) is 3.06. The molecule has 0 aromatic heterocycles. The molecule has 6 heteroatoms. The van der Waals surface area contributed by atoms with Crippen molar-refractivity contribution in [2.24, 2.45) is 0 Å². The highest BCUT2D eigenvalue weighted by Gasteiger charge is 2.35. The van der Waals surface area contributed by atoms with Crippen molar-refractivity contribution in [3.05, 3.63) is 0 Å². The van der Waals surface area contributed by atoms with Crippen molar-refractivity contribution in [3.63, 3.8) is 0 Å². The number of nitrogens with one attached hydrogen (secondary N) is 1. The predicted octanol–water partition coefficient (Wildman–Crippen LogP) is 0.513. The van der Waals surface area contributed by atoms with E-state index in [-0.39, 0.29) is 5.97 Å². The Labute approximate surface area is 122 Å². The zero-order valence-electron chi connectivity index (χ0n) is 13.5. The van der Waals surface area contributed by atoms with Crippen molar-refractivity contribution in [2.45, 2.75) is 26.3 Å². The third-order valence-electron chi connectivity index (χ3n) is 3.06. The first kappa shape index (κ1) is 19.3. The van der Waals surface area contributed by atoms with Crippen LogP contribution in [0.2, 0.25) is 0 Å². The summed E-state index contributed by atoms with van der Waals surface area (Å²) in [5, 5.41) is 3.23. The summed E-state index contributed by atoms with van der Waals surface area (Å²) in [7, 11) is 3.34. The van der Waals surface area contributed by atoms with Crippen molar-refractivity contribution in [2.75, 3.05) is 60.2 Å². The molecule has 0 bridgehead atoms. The van der Waals surface area contributed by atoms with Gasteiger partial charge in [-0.2, -0.15) is 0 Å². The molecule has 0 amide bonds. The van der Waals surface area contributed by atoms with Crippen LogP contribution in [0.1, 0.15) is 20.8 Å². The van der Waals surface area contributed by atoms with Crippen LogP contribution in [0.4, 0.5) is 0 Å². The van der Waals surface area contributed by atoms with Crippen LogP contribution in [0.25, 0.3) is 0 Å². The van der Waals surface area contributed by atoms with E-state index in [1.54, 1.807) is 14.2 Å². The van der Waals surface area contributed by atoms with Gasteiger partial charge in [-0.3, -0.25) is 9.69 Å². The smallest absolute Gasteiger partial charge is 0.327 e. The van der Waals surface area contributed by atoms with Crippen LogP contribution in [0, 0.1) is 0 Å². The van der Waals surface area contributed by atoms with Crippen LogP contribution in [-0.4, -0.2) is 76.6 Å². The quantitative estimate of drug-likeness (QED) is 0.529. The summed E-state index contributed by atoms with van der Waals surface area (Å²) in [6.45, 7) is 10.1. The second kappa shape index (κ2) is 11.0. The minimum Gasteiger partial charge on any atom is -0.465 e. The normalized spacial score (nSPS) is 14.3. The number of esters is 1. The topological polar surface area (TPSA) is 60.0 Å². The summed E-state index contributed by atoms with van der Waals surface area (Å²) < 4.78 is 15.4. The zero-order chi connectivity index (χ0) is 15.4. The molecule has 0 saturated carbocycles. The van der Waals surface area contributed by atoms with Crippen LogP contribution in [0.5, 0.6) is 0 Å². The minimum atomic E-state index is -0.716. The summed E-state index contributed by atoms with van der Waals surface area (Å²) in [5.74, 6) is -0.221. The number of carbonyl (C=O) groups is 1. The lowest BCUT2D eigenvalue weighted by molar-refractivity contribution is -0.151. The molecule has 0 aromatic rings. The molecule has 0 rings (SSSR count). The number of hydrogen-bond donors (Lipinski definition) is 1. The Kier molecular flexibility index (Phi) is 10.6. The first-order valence-corrected chi connectivity index (χ1v) is 7.16. The van der Waals surface area contributed by atoms with E-state index >= 15 is 0 Å². The molecule has 1 unspecified atom stereocenters. The predicted molar refractivity (Wildman–Crippen MR) is 78.9 cm³/mol. The van der Waals surface area contributed by atoms with Crippen molar-refractivity contribution in [1.29, 1.82) is 0 Å². The van der Waals surface area contributed by atoms with E-state index in [9.17, 15) is 4.79 Å². The van der Waals surface area contributed by atoms with E-state index in [2.05, 4.69) is 10.2 Å². The number of likely N-dealkylation sites (N-methyl/N-ethyl adjacent to an activating group) is 1. The molecule has 0 aliphatic heterocycles. The van der Waals surface area contributed by atoms with Gasteiger partial charge in [-0.05, 0) is 20.4 Å². The highest BCUT2D eigenvalue weighted by Crippen LogP contribution is 2.10.